The van der Waals surface area contributed by atoms with Gasteiger partial charge in [0.25, 0.3) is 11.5 Å². The van der Waals surface area contributed by atoms with Gasteiger partial charge in [-0.3, -0.25) is 29.0 Å². The highest BCUT2D eigenvalue weighted by molar-refractivity contribution is 5.98. The number of nitrogens with two attached hydrogens (primary N) is 1. The number of nitrogens with zero attached hydrogens (tertiary/aromatic N) is 3. The maximum atomic E-state index is 13.0. The molecule has 1 aromatic carbocycles. The number of amides is 1. The Balaban J connectivity index is 1.79. The number of H-pyrrole nitrogens is 1. The molecule has 0 radical (unpaired) electrons. The quantitative estimate of drug-likeness (QED) is 0.318. The van der Waals surface area contributed by atoms with Crippen molar-refractivity contribution in [1.29, 1.82) is 0 Å². The number of methoxy groups -OCH3 is 1. The number of rotatable bonds is 10. The number of hydrogen-bond acceptors (Lipinski definition) is 8. The fraction of sp³-hybridized carbons (Fsp3) is 0.320. The van der Waals surface area contributed by atoms with Gasteiger partial charge in [0.2, 0.25) is 0 Å². The molecule has 0 aliphatic heterocycles. The van der Waals surface area contributed by atoms with E-state index in [-0.39, 0.29) is 37.1 Å². The number of anilines is 2. The fourth-order valence-corrected chi connectivity index (χ4v) is 3.61. The normalized spacial score (nSPS) is 11.3. The summed E-state index contributed by atoms with van der Waals surface area (Å²) < 4.78 is 11.4. The number of carbonyl (C=O) groups is 2. The van der Waals surface area contributed by atoms with Gasteiger partial charge < -0.3 is 15.2 Å². The summed E-state index contributed by atoms with van der Waals surface area (Å²) in [4.78, 5) is 57.7. The van der Waals surface area contributed by atoms with Crippen molar-refractivity contribution in [3.05, 3.63) is 69.0 Å². The van der Waals surface area contributed by atoms with Crippen molar-refractivity contribution in [3.63, 3.8) is 0 Å². The maximum absolute atomic E-state index is 13.0. The third kappa shape index (κ3) is 6.25. The number of fused-ring (bicyclic) bond motifs is 1. The van der Waals surface area contributed by atoms with Gasteiger partial charge in [0, 0.05) is 43.4 Å². The summed E-state index contributed by atoms with van der Waals surface area (Å²) in [6.45, 7) is 3.39. The van der Waals surface area contributed by atoms with Crippen LogP contribution in [-0.2, 0) is 25.6 Å². The molecule has 0 aliphatic rings. The van der Waals surface area contributed by atoms with Crippen molar-refractivity contribution in [2.24, 2.45) is 5.92 Å². The zero-order valence-corrected chi connectivity index (χ0v) is 20.4. The zero-order chi connectivity index (χ0) is 26.2. The third-order valence-electron chi connectivity index (χ3n) is 5.25. The van der Waals surface area contributed by atoms with Crippen LogP contribution in [0.1, 0.15) is 19.4 Å². The zero-order valence-electron chi connectivity index (χ0n) is 20.4. The second kappa shape index (κ2) is 11.9. The summed E-state index contributed by atoms with van der Waals surface area (Å²) >= 11 is 0. The molecule has 2 heterocycles. The van der Waals surface area contributed by atoms with Gasteiger partial charge in [-0.2, -0.15) is 0 Å². The van der Waals surface area contributed by atoms with Crippen molar-refractivity contribution in [3.8, 4) is 0 Å². The molecule has 3 aromatic rings. The minimum absolute atomic E-state index is 0.0441. The summed E-state index contributed by atoms with van der Waals surface area (Å²) in [7, 11) is 1.43. The molecule has 3 N–H and O–H groups in total. The Morgan fingerprint density at radius 2 is 1.97 bits per heavy atom. The monoisotopic (exact) mass is 495 g/mol. The average molecular weight is 496 g/mol. The molecule has 0 atom stereocenters. The van der Waals surface area contributed by atoms with Crippen LogP contribution in [-0.4, -0.2) is 53.3 Å². The number of benzene rings is 1. The molecule has 0 spiro atoms. The highest BCUT2D eigenvalue weighted by atomic mass is 16.5. The van der Waals surface area contributed by atoms with Crippen molar-refractivity contribution in [2.45, 2.75) is 20.4 Å². The molecule has 36 heavy (non-hydrogen) atoms. The number of para-hydroxylation sites is 1. The standard InChI is InChI=1S/C25H29N5O6/c1-16(2)14-30-23(26)22(24(33)28-25(30)34)29(12-13-35-3)19(31)15-36-20(32)10-9-18-7-4-6-17-8-5-11-27-21(17)18/h4-11,16H,12-15,26H2,1-3H3,(H,28,33,34)/b10-9+. The van der Waals surface area contributed by atoms with Gasteiger partial charge in [0.15, 0.2) is 12.3 Å². The third-order valence-corrected chi connectivity index (χ3v) is 5.25. The average Bonchev–Trinajstić information content (AvgIpc) is 2.85. The van der Waals surface area contributed by atoms with Crippen molar-refractivity contribution < 1.29 is 19.1 Å². The van der Waals surface area contributed by atoms with Gasteiger partial charge in [0.1, 0.15) is 5.82 Å². The summed E-state index contributed by atoms with van der Waals surface area (Å²) in [5, 5.41) is 0.915. The van der Waals surface area contributed by atoms with Crippen LogP contribution in [0.15, 0.2) is 52.2 Å². The Bertz CT molecular complexity index is 1390. The Kier molecular flexibility index (Phi) is 8.74. The van der Waals surface area contributed by atoms with E-state index in [2.05, 4.69) is 9.97 Å². The molecule has 11 heteroatoms. The second-order valence-corrected chi connectivity index (χ2v) is 8.40. The SMILES string of the molecule is COCCN(C(=O)COC(=O)/C=C/c1cccc2cccnc12)c1c(N)n(CC(C)C)c(=O)[nH]c1=O. The van der Waals surface area contributed by atoms with E-state index in [0.29, 0.717) is 5.56 Å². The Morgan fingerprint density at radius 3 is 2.69 bits per heavy atom. The van der Waals surface area contributed by atoms with Crippen molar-refractivity contribution in [2.75, 3.05) is 37.5 Å². The van der Waals surface area contributed by atoms with Gasteiger partial charge in [-0.05, 0) is 18.1 Å². The lowest BCUT2D eigenvalue weighted by atomic mass is 10.1. The van der Waals surface area contributed by atoms with Crippen LogP contribution in [0.2, 0.25) is 0 Å². The minimum Gasteiger partial charge on any atom is -0.452 e. The summed E-state index contributed by atoms with van der Waals surface area (Å²) in [6.07, 6.45) is 4.40. The van der Waals surface area contributed by atoms with Crippen LogP contribution in [0.25, 0.3) is 17.0 Å². The van der Waals surface area contributed by atoms with E-state index < -0.39 is 29.7 Å². The largest absolute Gasteiger partial charge is 0.452 e. The van der Waals surface area contributed by atoms with Crippen LogP contribution in [0.4, 0.5) is 11.5 Å². The Labute approximate surface area is 207 Å². The molecule has 1 amide bonds. The van der Waals surface area contributed by atoms with Crippen LogP contribution < -0.4 is 21.9 Å². The molecule has 11 nitrogen and oxygen atoms in total. The second-order valence-electron chi connectivity index (χ2n) is 8.40. The van der Waals surface area contributed by atoms with Crippen LogP contribution in [0.3, 0.4) is 0 Å². The molecule has 190 valence electrons. The predicted molar refractivity (Wildman–Crippen MR) is 137 cm³/mol. The molecule has 2 aromatic heterocycles. The van der Waals surface area contributed by atoms with Crippen LogP contribution in [0, 0.1) is 5.92 Å². The first-order chi connectivity index (χ1) is 17.2. The molecular weight excluding hydrogens is 466 g/mol. The molecule has 3 rings (SSSR count). The van der Waals surface area contributed by atoms with E-state index >= 15 is 0 Å². The van der Waals surface area contributed by atoms with Gasteiger partial charge in [-0.15, -0.1) is 0 Å². The first-order valence-corrected chi connectivity index (χ1v) is 11.3. The lowest BCUT2D eigenvalue weighted by Crippen LogP contribution is -2.44. The number of esters is 1. The molecule has 0 aliphatic carbocycles. The number of aromatic nitrogens is 3. The van der Waals surface area contributed by atoms with E-state index in [9.17, 15) is 19.2 Å². The van der Waals surface area contributed by atoms with Gasteiger partial charge in [-0.1, -0.05) is 38.1 Å². The van der Waals surface area contributed by atoms with E-state index in [4.69, 9.17) is 15.2 Å². The first-order valence-electron chi connectivity index (χ1n) is 11.3. The highest BCUT2D eigenvalue weighted by Crippen LogP contribution is 2.19. The van der Waals surface area contributed by atoms with Crippen molar-refractivity contribution in [1.82, 2.24) is 14.5 Å². The molecule has 0 unspecified atom stereocenters. The Hall–Kier alpha value is -4.25. The van der Waals surface area contributed by atoms with E-state index in [1.807, 2.05) is 38.1 Å². The van der Waals surface area contributed by atoms with Gasteiger partial charge >= 0.3 is 11.7 Å². The summed E-state index contributed by atoms with van der Waals surface area (Å²) in [6, 6.07) is 9.27. The molecular formula is C25H29N5O6. The molecule has 0 fully saturated rings. The number of pyridine rings is 1. The number of nitrogens with one attached hydrogen (secondary N) is 1. The van der Waals surface area contributed by atoms with Crippen molar-refractivity contribution >= 4 is 40.4 Å². The topological polar surface area (TPSA) is 150 Å². The lowest BCUT2D eigenvalue weighted by molar-refractivity contribution is -0.142. The summed E-state index contributed by atoms with van der Waals surface area (Å²) in [5.74, 6) is -1.56. The molecule has 0 saturated carbocycles. The number of aromatic amines is 1. The maximum Gasteiger partial charge on any atom is 0.331 e. The number of carbonyl (C=O) groups excluding carboxylic acids is 2. The van der Waals surface area contributed by atoms with Crippen LogP contribution in [0.5, 0.6) is 0 Å². The number of ether oxygens (including phenoxy) is 2. The summed E-state index contributed by atoms with van der Waals surface area (Å²) in [5.41, 5.74) is 5.87. The number of nitrogen functional groups attached to an aromatic ring is 1. The predicted octanol–water partition coefficient (Wildman–Crippen LogP) is 1.56. The first kappa shape index (κ1) is 26.4. The molecule has 0 saturated heterocycles. The fourth-order valence-electron chi connectivity index (χ4n) is 3.61. The lowest BCUT2D eigenvalue weighted by Gasteiger charge is -2.24. The number of hydrogen-bond donors (Lipinski definition) is 2. The smallest absolute Gasteiger partial charge is 0.331 e. The van der Waals surface area contributed by atoms with Gasteiger partial charge in [-0.25, -0.2) is 9.59 Å². The highest BCUT2D eigenvalue weighted by Gasteiger charge is 2.25. The van der Waals surface area contributed by atoms with E-state index in [1.54, 1.807) is 18.3 Å². The van der Waals surface area contributed by atoms with Crippen LogP contribution >= 0.6 is 0 Å². The Morgan fingerprint density at radius 1 is 1.22 bits per heavy atom. The minimum atomic E-state index is -0.823. The molecule has 0 bridgehead atoms. The van der Waals surface area contributed by atoms with E-state index in [1.165, 1.54) is 17.8 Å². The van der Waals surface area contributed by atoms with Gasteiger partial charge in [0.05, 0.1) is 12.1 Å². The van der Waals surface area contributed by atoms with E-state index in [0.717, 1.165) is 15.8 Å².